The van der Waals surface area contributed by atoms with Crippen LogP contribution < -0.4 is 0 Å². The van der Waals surface area contributed by atoms with Crippen molar-refractivity contribution in [2.75, 3.05) is 0 Å². The first-order valence-electron chi connectivity index (χ1n) is 2.34. The van der Waals surface area contributed by atoms with E-state index in [-0.39, 0.29) is 0 Å². The zero-order valence-electron chi connectivity index (χ0n) is 5.46. The summed E-state index contributed by atoms with van der Waals surface area (Å²) in [6.07, 6.45) is -6.25. The Labute approximate surface area is 59.9 Å². The number of carboxylic acid groups (broad SMARTS) is 1. The van der Waals surface area contributed by atoms with Gasteiger partial charge in [0.1, 0.15) is 6.29 Å². The van der Waals surface area contributed by atoms with Crippen molar-refractivity contribution in [3.8, 4) is 0 Å². The van der Waals surface area contributed by atoms with Gasteiger partial charge in [-0.05, 0) is 6.92 Å². The third-order valence-corrected chi connectivity index (χ3v) is 0.243. The largest absolute Gasteiger partial charge is 0.490 e. The average molecular weight is 176 g/mol. The monoisotopic (exact) mass is 176 g/mol. The molecule has 0 aliphatic heterocycles. The van der Waals surface area contributed by atoms with Gasteiger partial charge in [0, 0.05) is 0 Å². The van der Waals surface area contributed by atoms with E-state index in [0.29, 0.717) is 0 Å². The quantitative estimate of drug-likeness (QED) is 0.452. The minimum atomic E-state index is -5.08. The van der Waals surface area contributed by atoms with Crippen molar-refractivity contribution in [1.82, 2.24) is 0 Å². The van der Waals surface area contributed by atoms with Crippen LogP contribution in [0.25, 0.3) is 0 Å². The van der Waals surface area contributed by atoms with Crippen molar-refractivity contribution >= 4 is 5.97 Å². The zero-order chi connectivity index (χ0) is 9.65. The van der Waals surface area contributed by atoms with Gasteiger partial charge < -0.3 is 15.3 Å². The first kappa shape index (κ1) is 12.8. The maximum atomic E-state index is 10.6. The van der Waals surface area contributed by atoms with Gasteiger partial charge in [0.05, 0.1) is 0 Å². The number of aliphatic hydroxyl groups is 2. The molecule has 0 aromatic heterocycles. The Kier molecular flexibility index (Phi) is 5.73. The van der Waals surface area contributed by atoms with Gasteiger partial charge in [0.15, 0.2) is 0 Å². The summed E-state index contributed by atoms with van der Waals surface area (Å²) >= 11 is 0. The molecule has 0 atom stereocenters. The summed E-state index contributed by atoms with van der Waals surface area (Å²) < 4.78 is 31.7. The molecule has 0 heterocycles. The molecule has 0 bridgehead atoms. The van der Waals surface area contributed by atoms with Crippen molar-refractivity contribution in [3.05, 3.63) is 0 Å². The number of alkyl halides is 3. The van der Waals surface area contributed by atoms with Crippen molar-refractivity contribution in [2.24, 2.45) is 0 Å². The number of carboxylic acids is 1. The van der Waals surface area contributed by atoms with E-state index in [1.54, 1.807) is 0 Å². The SMILES string of the molecule is CC(O)O.O=C(O)C(F)(F)F. The van der Waals surface area contributed by atoms with Crippen molar-refractivity contribution < 1.29 is 33.3 Å². The van der Waals surface area contributed by atoms with E-state index < -0.39 is 18.4 Å². The smallest absolute Gasteiger partial charge is 0.475 e. The van der Waals surface area contributed by atoms with Crippen LogP contribution in [0.15, 0.2) is 0 Å². The summed E-state index contributed by atoms with van der Waals surface area (Å²) in [5.41, 5.74) is 0. The van der Waals surface area contributed by atoms with Crippen molar-refractivity contribution in [2.45, 2.75) is 19.4 Å². The van der Waals surface area contributed by atoms with E-state index in [1.807, 2.05) is 0 Å². The lowest BCUT2D eigenvalue weighted by Crippen LogP contribution is -2.21. The number of hydrogen-bond acceptors (Lipinski definition) is 3. The van der Waals surface area contributed by atoms with Gasteiger partial charge in [-0.1, -0.05) is 0 Å². The lowest BCUT2D eigenvalue weighted by molar-refractivity contribution is -0.192. The van der Waals surface area contributed by atoms with Gasteiger partial charge in [-0.15, -0.1) is 0 Å². The van der Waals surface area contributed by atoms with E-state index in [1.165, 1.54) is 6.92 Å². The fraction of sp³-hybridized carbons (Fsp3) is 0.750. The summed E-state index contributed by atoms with van der Waals surface area (Å²) in [7, 11) is 0. The van der Waals surface area contributed by atoms with Crippen molar-refractivity contribution in [3.63, 3.8) is 0 Å². The highest BCUT2D eigenvalue weighted by atomic mass is 19.4. The van der Waals surface area contributed by atoms with Gasteiger partial charge in [0.25, 0.3) is 0 Å². The number of halogens is 3. The Balaban J connectivity index is 0. The summed E-state index contributed by atoms with van der Waals surface area (Å²) in [5, 5.41) is 22.3. The highest BCUT2D eigenvalue weighted by Crippen LogP contribution is 2.13. The number of hydrogen-bond donors (Lipinski definition) is 3. The van der Waals surface area contributed by atoms with Crippen LogP contribution in [-0.2, 0) is 4.79 Å². The molecule has 0 fully saturated rings. The molecule has 0 aliphatic rings. The molecular formula is C4H7F3O4. The lowest BCUT2D eigenvalue weighted by Gasteiger charge is -1.93. The molecule has 11 heavy (non-hydrogen) atoms. The Bertz CT molecular complexity index is 116. The van der Waals surface area contributed by atoms with E-state index in [9.17, 15) is 13.2 Å². The van der Waals surface area contributed by atoms with Crippen LogP contribution in [0.2, 0.25) is 0 Å². The lowest BCUT2D eigenvalue weighted by atomic mass is 10.7. The van der Waals surface area contributed by atoms with Crippen LogP contribution in [0, 0.1) is 0 Å². The zero-order valence-corrected chi connectivity index (χ0v) is 5.46. The molecule has 0 aliphatic carbocycles. The van der Waals surface area contributed by atoms with Crippen LogP contribution in [0.1, 0.15) is 6.92 Å². The standard InChI is InChI=1S/C2HF3O2.C2H6O2/c3-2(4,5)1(6)7;1-2(3)4/h(H,6,7);2-4H,1H3. The highest BCUT2D eigenvalue weighted by Gasteiger charge is 2.38. The molecule has 4 nitrogen and oxygen atoms in total. The third kappa shape index (κ3) is 17.6. The molecule has 0 aromatic rings. The maximum absolute atomic E-state index is 10.6. The molecule has 0 radical (unpaired) electrons. The second kappa shape index (κ2) is 4.91. The minimum absolute atomic E-state index is 1.17. The van der Waals surface area contributed by atoms with Crippen LogP contribution in [0.4, 0.5) is 13.2 Å². The fourth-order valence-electron chi connectivity index (χ4n) is 0. The Hall–Kier alpha value is -0.820. The first-order chi connectivity index (χ1) is 4.68. The molecule has 3 N–H and O–H groups in total. The Morgan fingerprint density at radius 3 is 1.45 bits per heavy atom. The second-order valence-corrected chi connectivity index (χ2v) is 1.43. The van der Waals surface area contributed by atoms with Crippen LogP contribution >= 0.6 is 0 Å². The predicted octanol–water partition coefficient (Wildman–Crippen LogP) is -0.0497. The molecule has 7 heteroatoms. The van der Waals surface area contributed by atoms with Crippen LogP contribution in [-0.4, -0.2) is 33.8 Å². The third-order valence-electron chi connectivity index (χ3n) is 0.243. The summed E-state index contributed by atoms with van der Waals surface area (Å²) in [5.74, 6) is -2.76. The summed E-state index contributed by atoms with van der Waals surface area (Å²) in [4.78, 5) is 8.90. The van der Waals surface area contributed by atoms with E-state index in [4.69, 9.17) is 20.1 Å². The van der Waals surface area contributed by atoms with E-state index >= 15 is 0 Å². The normalized spacial score (nSPS) is 10.5. The molecule has 0 saturated carbocycles. The molecule has 68 valence electrons. The molecule has 0 aromatic carbocycles. The topological polar surface area (TPSA) is 77.8 Å². The first-order valence-corrected chi connectivity index (χ1v) is 2.34. The molecule has 0 spiro atoms. The van der Waals surface area contributed by atoms with E-state index in [2.05, 4.69) is 0 Å². The Morgan fingerprint density at radius 1 is 1.36 bits per heavy atom. The second-order valence-electron chi connectivity index (χ2n) is 1.43. The van der Waals surface area contributed by atoms with Gasteiger partial charge in [-0.25, -0.2) is 4.79 Å². The number of rotatable bonds is 0. The Morgan fingerprint density at radius 2 is 1.45 bits per heavy atom. The average Bonchev–Trinajstić information content (AvgIpc) is 1.59. The van der Waals surface area contributed by atoms with Gasteiger partial charge in [0.2, 0.25) is 0 Å². The predicted molar refractivity (Wildman–Crippen MR) is 27.6 cm³/mol. The van der Waals surface area contributed by atoms with Crippen LogP contribution in [0.5, 0.6) is 0 Å². The van der Waals surface area contributed by atoms with Gasteiger partial charge in [-0.2, -0.15) is 13.2 Å². The van der Waals surface area contributed by atoms with Crippen LogP contribution in [0.3, 0.4) is 0 Å². The molecule has 0 amide bonds. The summed E-state index contributed by atoms with van der Waals surface area (Å²) in [6, 6.07) is 0. The van der Waals surface area contributed by atoms with Gasteiger partial charge >= 0.3 is 12.1 Å². The van der Waals surface area contributed by atoms with E-state index in [0.717, 1.165) is 0 Å². The van der Waals surface area contributed by atoms with Crippen molar-refractivity contribution in [1.29, 1.82) is 0 Å². The number of aliphatic carboxylic acids is 1. The maximum Gasteiger partial charge on any atom is 0.490 e. The van der Waals surface area contributed by atoms with Gasteiger partial charge in [-0.3, -0.25) is 0 Å². The number of aliphatic hydroxyl groups excluding tert-OH is 1. The molecular weight excluding hydrogens is 169 g/mol. The number of carbonyl (C=O) groups is 1. The molecule has 0 saturated heterocycles. The molecule has 0 rings (SSSR count). The molecule has 0 unspecified atom stereocenters. The summed E-state index contributed by atoms with van der Waals surface area (Å²) in [6.45, 7) is 1.28. The fourth-order valence-corrected chi connectivity index (χ4v) is 0. The minimum Gasteiger partial charge on any atom is -0.475 e. The highest BCUT2D eigenvalue weighted by molar-refractivity contribution is 5.73.